The molecule has 1 heterocycles. The molecule has 0 spiro atoms. The van der Waals surface area contributed by atoms with Crippen LogP contribution in [-0.4, -0.2) is 34.7 Å². The first-order valence-corrected chi connectivity index (χ1v) is 9.07. The number of methoxy groups -OCH3 is 3. The van der Waals surface area contributed by atoms with Gasteiger partial charge in [0.1, 0.15) is 6.61 Å². The van der Waals surface area contributed by atoms with Crippen LogP contribution in [0.15, 0.2) is 36.9 Å². The highest BCUT2D eigenvalue weighted by Crippen LogP contribution is 2.44. The lowest BCUT2D eigenvalue weighted by atomic mass is 9.92. The maximum Gasteiger partial charge on any atom is 0.231 e. The van der Waals surface area contributed by atoms with Crippen molar-refractivity contribution in [2.75, 3.05) is 34.7 Å². The number of ether oxygens (including phenoxy) is 6. The van der Waals surface area contributed by atoms with Gasteiger partial charge in [0.05, 0.1) is 21.3 Å². The van der Waals surface area contributed by atoms with Gasteiger partial charge in [-0.1, -0.05) is 19.6 Å². The minimum Gasteiger partial charge on any atom is -0.493 e. The second-order valence-corrected chi connectivity index (χ2v) is 6.49. The summed E-state index contributed by atoms with van der Waals surface area (Å²) in [6.45, 7) is 6.42. The van der Waals surface area contributed by atoms with Gasteiger partial charge in [-0.25, -0.2) is 0 Å². The third-order valence-electron chi connectivity index (χ3n) is 4.66. The number of hydrogen-bond donors (Lipinski definition) is 0. The van der Waals surface area contributed by atoms with Crippen molar-refractivity contribution in [3.05, 3.63) is 48.0 Å². The van der Waals surface area contributed by atoms with Gasteiger partial charge in [-0.05, 0) is 47.7 Å². The Morgan fingerprint density at radius 3 is 2.29 bits per heavy atom. The summed E-state index contributed by atoms with van der Waals surface area (Å²) >= 11 is 0. The number of rotatable bonds is 9. The predicted octanol–water partition coefficient (Wildman–Crippen LogP) is 4.35. The molecule has 0 fully saturated rings. The molecular weight excluding hydrogens is 360 g/mol. The van der Waals surface area contributed by atoms with Crippen LogP contribution in [0.3, 0.4) is 0 Å². The van der Waals surface area contributed by atoms with Crippen molar-refractivity contribution in [2.24, 2.45) is 0 Å². The summed E-state index contributed by atoms with van der Waals surface area (Å²) in [6.07, 6.45) is 2.47. The van der Waals surface area contributed by atoms with Gasteiger partial charge in [0.2, 0.25) is 18.3 Å². The molecule has 0 saturated carbocycles. The Labute approximate surface area is 165 Å². The van der Waals surface area contributed by atoms with Crippen molar-refractivity contribution in [3.63, 3.8) is 0 Å². The SMILES string of the molecule is C=CCOc1c(OC)cc([C@@H](C)Cc2cc(OC)c3c(c2)OCO3)cc1OC. The zero-order valence-corrected chi connectivity index (χ0v) is 16.7. The topological polar surface area (TPSA) is 55.4 Å². The highest BCUT2D eigenvalue weighted by Gasteiger charge is 2.22. The lowest BCUT2D eigenvalue weighted by molar-refractivity contribution is 0.171. The number of fused-ring (bicyclic) bond motifs is 1. The van der Waals surface area contributed by atoms with E-state index in [2.05, 4.69) is 13.5 Å². The van der Waals surface area contributed by atoms with Crippen molar-refractivity contribution >= 4 is 0 Å². The normalized spacial score (nSPS) is 13.0. The lowest BCUT2D eigenvalue weighted by Gasteiger charge is -2.19. The van der Waals surface area contributed by atoms with E-state index in [0.29, 0.717) is 41.1 Å². The fourth-order valence-electron chi connectivity index (χ4n) is 3.24. The molecular formula is C22H26O6. The van der Waals surface area contributed by atoms with Crippen molar-refractivity contribution in [2.45, 2.75) is 19.3 Å². The highest BCUT2D eigenvalue weighted by molar-refractivity contribution is 5.56. The molecule has 2 aromatic rings. The van der Waals surface area contributed by atoms with Crippen LogP contribution in [0.2, 0.25) is 0 Å². The average Bonchev–Trinajstić information content (AvgIpc) is 3.19. The summed E-state index contributed by atoms with van der Waals surface area (Å²) in [5.41, 5.74) is 2.18. The number of hydrogen-bond acceptors (Lipinski definition) is 6. The molecule has 1 atom stereocenters. The third kappa shape index (κ3) is 3.96. The number of benzene rings is 2. The van der Waals surface area contributed by atoms with Crippen LogP contribution < -0.4 is 28.4 Å². The Kier molecular flexibility index (Phi) is 6.19. The van der Waals surface area contributed by atoms with E-state index in [1.165, 1.54) is 0 Å². The van der Waals surface area contributed by atoms with Crippen LogP contribution in [-0.2, 0) is 6.42 Å². The molecule has 0 unspecified atom stereocenters. The first kappa shape index (κ1) is 19.7. The lowest BCUT2D eigenvalue weighted by Crippen LogP contribution is -2.04. The van der Waals surface area contributed by atoms with E-state index in [0.717, 1.165) is 17.5 Å². The summed E-state index contributed by atoms with van der Waals surface area (Å²) in [7, 11) is 4.86. The van der Waals surface area contributed by atoms with Crippen molar-refractivity contribution in [3.8, 4) is 34.5 Å². The smallest absolute Gasteiger partial charge is 0.231 e. The Morgan fingerprint density at radius 1 is 1.00 bits per heavy atom. The monoisotopic (exact) mass is 386 g/mol. The summed E-state index contributed by atoms with van der Waals surface area (Å²) < 4.78 is 33.2. The average molecular weight is 386 g/mol. The Bertz CT molecular complexity index is 820. The standard InChI is InChI=1S/C22H26O6/c1-6-7-26-21-18(24-4)11-16(12-19(21)25-5)14(2)8-15-9-17(23-3)22-20(10-15)27-13-28-22/h6,9-12,14H,1,7-8,13H2,2-5H3/t14-/m0/s1. The van der Waals surface area contributed by atoms with Gasteiger partial charge in [-0.15, -0.1) is 0 Å². The Balaban J connectivity index is 1.88. The van der Waals surface area contributed by atoms with Gasteiger partial charge < -0.3 is 28.4 Å². The second kappa shape index (κ2) is 8.78. The van der Waals surface area contributed by atoms with Crippen LogP contribution in [0.4, 0.5) is 0 Å². The molecule has 0 aromatic heterocycles. The highest BCUT2D eigenvalue weighted by atomic mass is 16.7. The predicted molar refractivity (Wildman–Crippen MR) is 106 cm³/mol. The molecule has 0 radical (unpaired) electrons. The Morgan fingerprint density at radius 2 is 1.68 bits per heavy atom. The molecule has 6 heteroatoms. The first-order valence-electron chi connectivity index (χ1n) is 9.07. The molecule has 1 aliphatic heterocycles. The van der Waals surface area contributed by atoms with E-state index < -0.39 is 0 Å². The molecule has 0 N–H and O–H groups in total. The summed E-state index contributed by atoms with van der Waals surface area (Å²) in [6, 6.07) is 7.95. The maximum atomic E-state index is 5.72. The summed E-state index contributed by atoms with van der Waals surface area (Å²) in [5, 5.41) is 0. The minimum absolute atomic E-state index is 0.196. The molecule has 0 bridgehead atoms. The molecule has 1 aliphatic rings. The molecule has 2 aromatic carbocycles. The van der Waals surface area contributed by atoms with Crippen molar-refractivity contribution in [1.29, 1.82) is 0 Å². The van der Waals surface area contributed by atoms with E-state index >= 15 is 0 Å². The van der Waals surface area contributed by atoms with E-state index in [-0.39, 0.29) is 12.7 Å². The van der Waals surface area contributed by atoms with Crippen LogP contribution in [0, 0.1) is 0 Å². The van der Waals surface area contributed by atoms with E-state index in [9.17, 15) is 0 Å². The van der Waals surface area contributed by atoms with Gasteiger partial charge in [0, 0.05) is 0 Å². The van der Waals surface area contributed by atoms with Crippen molar-refractivity contribution < 1.29 is 28.4 Å². The summed E-state index contributed by atoms with van der Waals surface area (Å²) in [4.78, 5) is 0. The van der Waals surface area contributed by atoms with Crippen molar-refractivity contribution in [1.82, 2.24) is 0 Å². The maximum absolute atomic E-state index is 5.72. The second-order valence-electron chi connectivity index (χ2n) is 6.49. The zero-order valence-electron chi connectivity index (χ0n) is 16.7. The van der Waals surface area contributed by atoms with E-state index in [4.69, 9.17) is 28.4 Å². The minimum atomic E-state index is 0.196. The molecule has 150 valence electrons. The quantitative estimate of drug-likeness (QED) is 0.597. The van der Waals surface area contributed by atoms with Gasteiger partial charge >= 0.3 is 0 Å². The summed E-state index contributed by atoms with van der Waals surface area (Å²) in [5.74, 6) is 4.08. The Hall–Kier alpha value is -3.02. The van der Waals surface area contributed by atoms with Crippen LogP contribution in [0.1, 0.15) is 24.0 Å². The van der Waals surface area contributed by atoms with E-state index in [1.807, 2.05) is 24.3 Å². The van der Waals surface area contributed by atoms with Gasteiger partial charge in [-0.3, -0.25) is 0 Å². The van der Waals surface area contributed by atoms with Crippen LogP contribution in [0.25, 0.3) is 0 Å². The molecule has 28 heavy (non-hydrogen) atoms. The molecule has 3 rings (SSSR count). The molecule has 0 amide bonds. The zero-order chi connectivity index (χ0) is 20.1. The molecule has 0 saturated heterocycles. The van der Waals surface area contributed by atoms with Crippen LogP contribution >= 0.6 is 0 Å². The fourth-order valence-corrected chi connectivity index (χ4v) is 3.24. The van der Waals surface area contributed by atoms with Gasteiger partial charge in [0.25, 0.3) is 0 Å². The van der Waals surface area contributed by atoms with Gasteiger partial charge in [-0.2, -0.15) is 0 Å². The first-order chi connectivity index (χ1) is 13.6. The van der Waals surface area contributed by atoms with Gasteiger partial charge in [0.15, 0.2) is 23.0 Å². The third-order valence-corrected chi connectivity index (χ3v) is 4.66. The van der Waals surface area contributed by atoms with E-state index in [1.54, 1.807) is 27.4 Å². The fraction of sp³-hybridized carbons (Fsp3) is 0.364. The molecule has 0 aliphatic carbocycles. The largest absolute Gasteiger partial charge is 0.493 e. The molecule has 6 nitrogen and oxygen atoms in total. The van der Waals surface area contributed by atoms with Crippen LogP contribution in [0.5, 0.6) is 34.5 Å².